The molecule has 4 N–H and O–H groups in total. The Labute approximate surface area is 105 Å². The molecule has 0 aromatic rings. The van der Waals surface area contributed by atoms with Crippen molar-refractivity contribution in [1.82, 2.24) is 0 Å². The summed E-state index contributed by atoms with van der Waals surface area (Å²) in [6.45, 7) is 0. The van der Waals surface area contributed by atoms with Gasteiger partial charge in [-0.15, -0.1) is 0 Å². The zero-order valence-corrected chi connectivity index (χ0v) is 10.8. The van der Waals surface area contributed by atoms with Crippen LogP contribution in [-0.4, -0.2) is 12.1 Å². The molecule has 0 amide bonds. The highest BCUT2D eigenvalue weighted by molar-refractivity contribution is 5.13. The van der Waals surface area contributed by atoms with Gasteiger partial charge in [0.25, 0.3) is 0 Å². The van der Waals surface area contributed by atoms with E-state index in [-0.39, 0.29) is 12.1 Å². The maximum atomic E-state index is 6.31. The fourth-order valence-electron chi connectivity index (χ4n) is 3.04. The first-order valence-corrected chi connectivity index (χ1v) is 7.12. The molecule has 0 spiro atoms. The molecule has 3 unspecified atom stereocenters. The Morgan fingerprint density at radius 2 is 2.06 bits per heavy atom. The number of hydrogen-bond donors (Lipinski definition) is 2. The Kier molecular flexibility index (Phi) is 4.81. The molecule has 2 aliphatic rings. The van der Waals surface area contributed by atoms with Crippen molar-refractivity contribution in [3.05, 3.63) is 23.8 Å². The number of hydrogen-bond acceptors (Lipinski definition) is 2. The van der Waals surface area contributed by atoms with Gasteiger partial charge in [-0.1, -0.05) is 23.8 Å². The predicted molar refractivity (Wildman–Crippen MR) is 73.6 cm³/mol. The van der Waals surface area contributed by atoms with Crippen LogP contribution < -0.4 is 11.5 Å². The van der Waals surface area contributed by atoms with Crippen LogP contribution in [0.2, 0.25) is 0 Å². The van der Waals surface area contributed by atoms with Crippen LogP contribution in [0.3, 0.4) is 0 Å². The lowest BCUT2D eigenvalue weighted by molar-refractivity contribution is 0.357. The van der Waals surface area contributed by atoms with Crippen molar-refractivity contribution in [3.63, 3.8) is 0 Å². The van der Waals surface area contributed by atoms with Crippen LogP contribution in [0.15, 0.2) is 23.8 Å². The summed E-state index contributed by atoms with van der Waals surface area (Å²) >= 11 is 0. The first-order valence-electron chi connectivity index (χ1n) is 7.12. The average Bonchev–Trinajstić information content (AvgIpc) is 2.40. The molecular formula is C15H26N2. The van der Waals surface area contributed by atoms with Gasteiger partial charge in [0.05, 0.1) is 0 Å². The molecule has 0 fully saturated rings. The van der Waals surface area contributed by atoms with E-state index < -0.39 is 0 Å². The predicted octanol–water partition coefficient (Wildman–Crippen LogP) is 2.89. The van der Waals surface area contributed by atoms with Crippen molar-refractivity contribution in [2.24, 2.45) is 17.4 Å². The van der Waals surface area contributed by atoms with E-state index in [2.05, 4.69) is 18.2 Å². The minimum absolute atomic E-state index is 0.205. The molecule has 2 nitrogen and oxygen atoms in total. The van der Waals surface area contributed by atoms with E-state index in [1.54, 1.807) is 0 Å². The standard InChI is InChI=1S/C15H26N2/c16-14(12-7-3-1-4-8-12)11-15(17)13-9-5-2-6-10-13/h1,3,9,12,14-15H,2,4-8,10-11,16-17H2. The van der Waals surface area contributed by atoms with Gasteiger partial charge >= 0.3 is 0 Å². The van der Waals surface area contributed by atoms with Gasteiger partial charge in [-0.05, 0) is 57.3 Å². The van der Waals surface area contributed by atoms with E-state index in [9.17, 15) is 0 Å². The smallest absolute Gasteiger partial charge is 0.0268 e. The van der Waals surface area contributed by atoms with Gasteiger partial charge < -0.3 is 11.5 Å². The molecule has 17 heavy (non-hydrogen) atoms. The molecule has 0 radical (unpaired) electrons. The summed E-state index contributed by atoms with van der Waals surface area (Å²) in [5.41, 5.74) is 14.1. The van der Waals surface area contributed by atoms with E-state index >= 15 is 0 Å². The molecule has 0 heterocycles. The van der Waals surface area contributed by atoms with Crippen molar-refractivity contribution >= 4 is 0 Å². The van der Waals surface area contributed by atoms with Crippen LogP contribution >= 0.6 is 0 Å². The Bertz CT molecular complexity index is 293. The van der Waals surface area contributed by atoms with Crippen LogP contribution in [0.1, 0.15) is 51.4 Å². The molecule has 0 aromatic heterocycles. The van der Waals surface area contributed by atoms with E-state index in [0.29, 0.717) is 5.92 Å². The molecule has 2 heteroatoms. The first-order chi connectivity index (χ1) is 8.27. The molecule has 0 aliphatic heterocycles. The highest BCUT2D eigenvalue weighted by Gasteiger charge is 2.22. The lowest BCUT2D eigenvalue weighted by Gasteiger charge is -2.28. The number of allylic oxidation sites excluding steroid dienone is 3. The second kappa shape index (κ2) is 6.36. The minimum Gasteiger partial charge on any atom is -0.327 e. The minimum atomic E-state index is 0.205. The second-order valence-corrected chi connectivity index (χ2v) is 5.58. The van der Waals surface area contributed by atoms with Crippen LogP contribution in [0.25, 0.3) is 0 Å². The van der Waals surface area contributed by atoms with Gasteiger partial charge in [-0.3, -0.25) is 0 Å². The summed E-state index contributed by atoms with van der Waals surface area (Å²) < 4.78 is 0. The van der Waals surface area contributed by atoms with Crippen LogP contribution in [-0.2, 0) is 0 Å². The summed E-state index contributed by atoms with van der Waals surface area (Å²) in [5.74, 6) is 0.648. The van der Waals surface area contributed by atoms with Gasteiger partial charge in [0.2, 0.25) is 0 Å². The Morgan fingerprint density at radius 3 is 2.71 bits per heavy atom. The van der Waals surface area contributed by atoms with Crippen molar-refractivity contribution in [3.8, 4) is 0 Å². The van der Waals surface area contributed by atoms with E-state index in [0.717, 1.165) is 12.8 Å². The number of rotatable bonds is 4. The third kappa shape index (κ3) is 3.68. The van der Waals surface area contributed by atoms with Crippen LogP contribution in [0, 0.1) is 5.92 Å². The van der Waals surface area contributed by atoms with Gasteiger partial charge in [0.1, 0.15) is 0 Å². The quantitative estimate of drug-likeness (QED) is 0.735. The largest absolute Gasteiger partial charge is 0.327 e. The van der Waals surface area contributed by atoms with Crippen molar-refractivity contribution in [2.75, 3.05) is 0 Å². The Hall–Kier alpha value is -0.600. The van der Waals surface area contributed by atoms with E-state index in [1.807, 2.05) is 0 Å². The molecule has 0 saturated carbocycles. The van der Waals surface area contributed by atoms with Crippen LogP contribution in [0.4, 0.5) is 0 Å². The van der Waals surface area contributed by atoms with Crippen molar-refractivity contribution < 1.29 is 0 Å². The normalized spacial score (nSPS) is 28.6. The average molecular weight is 234 g/mol. The third-order valence-corrected chi connectivity index (χ3v) is 4.24. The van der Waals surface area contributed by atoms with Gasteiger partial charge in [-0.25, -0.2) is 0 Å². The van der Waals surface area contributed by atoms with Crippen molar-refractivity contribution in [2.45, 2.75) is 63.5 Å². The number of nitrogens with two attached hydrogens (primary N) is 2. The van der Waals surface area contributed by atoms with Gasteiger partial charge in [-0.2, -0.15) is 0 Å². The fraction of sp³-hybridized carbons (Fsp3) is 0.733. The summed E-state index contributed by atoms with van der Waals surface area (Å²) in [7, 11) is 0. The zero-order chi connectivity index (χ0) is 12.1. The molecule has 3 atom stereocenters. The lowest BCUT2D eigenvalue weighted by atomic mass is 9.83. The molecule has 0 bridgehead atoms. The zero-order valence-electron chi connectivity index (χ0n) is 10.8. The molecule has 96 valence electrons. The van der Waals surface area contributed by atoms with Crippen LogP contribution in [0.5, 0.6) is 0 Å². The maximum Gasteiger partial charge on any atom is 0.0268 e. The second-order valence-electron chi connectivity index (χ2n) is 5.58. The van der Waals surface area contributed by atoms with E-state index in [4.69, 9.17) is 11.5 Å². The SMILES string of the molecule is NC(CC(N)C1CC=CCC1)C1=CCCCC1. The molecule has 2 aliphatic carbocycles. The summed E-state index contributed by atoms with van der Waals surface area (Å²) in [4.78, 5) is 0. The highest BCUT2D eigenvalue weighted by Crippen LogP contribution is 2.26. The summed E-state index contributed by atoms with van der Waals surface area (Å²) in [6.07, 6.45) is 16.5. The molecule has 0 saturated heterocycles. The highest BCUT2D eigenvalue weighted by atomic mass is 14.7. The van der Waals surface area contributed by atoms with Gasteiger partial charge in [0.15, 0.2) is 0 Å². The first kappa shape index (κ1) is 12.8. The van der Waals surface area contributed by atoms with E-state index in [1.165, 1.54) is 44.1 Å². The fourth-order valence-corrected chi connectivity index (χ4v) is 3.04. The van der Waals surface area contributed by atoms with Gasteiger partial charge in [0, 0.05) is 12.1 Å². The lowest BCUT2D eigenvalue weighted by Crippen LogP contribution is -2.38. The van der Waals surface area contributed by atoms with Crippen molar-refractivity contribution in [1.29, 1.82) is 0 Å². The third-order valence-electron chi connectivity index (χ3n) is 4.24. The Morgan fingerprint density at radius 1 is 1.18 bits per heavy atom. The summed E-state index contributed by atoms with van der Waals surface area (Å²) in [5, 5.41) is 0. The monoisotopic (exact) mass is 234 g/mol. The molecular weight excluding hydrogens is 208 g/mol. The maximum absolute atomic E-state index is 6.31. The topological polar surface area (TPSA) is 52.0 Å². The molecule has 2 rings (SSSR count). The molecule has 0 aromatic carbocycles. The Balaban J connectivity index is 1.82. The summed E-state index contributed by atoms with van der Waals surface area (Å²) in [6, 6.07) is 0.481.